The molecule has 0 spiro atoms. The standard InChI is InChI=1S/C19H22N4O2/c1-12-18(13(2)22(3)21-12)17-11-25-9-8-23(17)19(24)16-10-14-6-4-5-7-15(14)20-16/h4-7,10,17,20H,8-9,11H2,1-3H3. The van der Waals surface area contributed by atoms with E-state index < -0.39 is 0 Å². The van der Waals surface area contributed by atoms with Gasteiger partial charge in [-0.15, -0.1) is 0 Å². The lowest BCUT2D eigenvalue weighted by Gasteiger charge is -2.35. The number of para-hydroxylation sites is 1. The zero-order valence-electron chi connectivity index (χ0n) is 14.7. The van der Waals surface area contributed by atoms with Gasteiger partial charge in [0.25, 0.3) is 5.91 Å². The number of aryl methyl sites for hydroxylation is 2. The van der Waals surface area contributed by atoms with E-state index in [4.69, 9.17) is 4.74 Å². The molecule has 0 saturated carbocycles. The van der Waals surface area contributed by atoms with Gasteiger partial charge >= 0.3 is 0 Å². The van der Waals surface area contributed by atoms with Crippen LogP contribution in [0.3, 0.4) is 0 Å². The summed E-state index contributed by atoms with van der Waals surface area (Å²) in [6.07, 6.45) is 0. The molecule has 2 aromatic heterocycles. The number of carbonyl (C=O) groups is 1. The zero-order valence-corrected chi connectivity index (χ0v) is 14.7. The third-order valence-electron chi connectivity index (χ3n) is 5.05. The average Bonchev–Trinajstić information content (AvgIpc) is 3.15. The molecule has 0 radical (unpaired) electrons. The Hall–Kier alpha value is -2.60. The van der Waals surface area contributed by atoms with Crippen LogP contribution in [0.2, 0.25) is 0 Å². The topological polar surface area (TPSA) is 63.1 Å². The summed E-state index contributed by atoms with van der Waals surface area (Å²) in [6.45, 7) is 5.66. The van der Waals surface area contributed by atoms with Gasteiger partial charge in [-0.1, -0.05) is 18.2 Å². The lowest BCUT2D eigenvalue weighted by molar-refractivity contribution is -0.00330. The van der Waals surface area contributed by atoms with E-state index in [0.717, 1.165) is 27.9 Å². The number of carbonyl (C=O) groups excluding carboxylic acids is 1. The molecule has 1 fully saturated rings. The summed E-state index contributed by atoms with van der Waals surface area (Å²) < 4.78 is 7.56. The number of benzene rings is 1. The van der Waals surface area contributed by atoms with E-state index in [9.17, 15) is 4.79 Å². The molecule has 130 valence electrons. The van der Waals surface area contributed by atoms with Crippen molar-refractivity contribution in [3.05, 3.63) is 53.0 Å². The number of H-pyrrole nitrogens is 1. The van der Waals surface area contributed by atoms with E-state index in [0.29, 0.717) is 25.5 Å². The molecule has 3 heterocycles. The van der Waals surface area contributed by atoms with Crippen LogP contribution in [0, 0.1) is 13.8 Å². The average molecular weight is 338 g/mol. The summed E-state index contributed by atoms with van der Waals surface area (Å²) in [7, 11) is 1.93. The Morgan fingerprint density at radius 1 is 1.32 bits per heavy atom. The molecule has 6 nitrogen and oxygen atoms in total. The Kier molecular flexibility index (Phi) is 3.84. The quantitative estimate of drug-likeness (QED) is 0.781. The summed E-state index contributed by atoms with van der Waals surface area (Å²) >= 11 is 0. The summed E-state index contributed by atoms with van der Waals surface area (Å²) in [5.41, 5.74) is 4.70. The summed E-state index contributed by atoms with van der Waals surface area (Å²) in [4.78, 5) is 18.3. The van der Waals surface area contributed by atoms with Gasteiger partial charge in [-0.3, -0.25) is 9.48 Å². The minimum atomic E-state index is -0.110. The maximum absolute atomic E-state index is 13.2. The fraction of sp³-hybridized carbons (Fsp3) is 0.368. The monoisotopic (exact) mass is 338 g/mol. The van der Waals surface area contributed by atoms with E-state index in [1.807, 2.05) is 60.8 Å². The van der Waals surface area contributed by atoms with Gasteiger partial charge in [-0.25, -0.2) is 0 Å². The van der Waals surface area contributed by atoms with Crippen LogP contribution in [0.4, 0.5) is 0 Å². The largest absolute Gasteiger partial charge is 0.377 e. The predicted molar refractivity (Wildman–Crippen MR) is 95.6 cm³/mol. The van der Waals surface area contributed by atoms with Crippen molar-refractivity contribution in [1.29, 1.82) is 0 Å². The molecule has 1 unspecified atom stereocenters. The van der Waals surface area contributed by atoms with E-state index >= 15 is 0 Å². The van der Waals surface area contributed by atoms with Gasteiger partial charge in [-0.2, -0.15) is 5.10 Å². The highest BCUT2D eigenvalue weighted by Crippen LogP contribution is 2.30. The third-order valence-corrected chi connectivity index (χ3v) is 5.05. The lowest BCUT2D eigenvalue weighted by atomic mass is 10.0. The molecule has 1 saturated heterocycles. The predicted octanol–water partition coefficient (Wildman–Crippen LogP) is 2.73. The number of amides is 1. The van der Waals surface area contributed by atoms with Gasteiger partial charge in [0, 0.05) is 35.8 Å². The maximum atomic E-state index is 13.2. The SMILES string of the molecule is Cc1nn(C)c(C)c1C1COCCN1C(=O)c1cc2ccccc2[nH]1. The van der Waals surface area contributed by atoms with Crippen molar-refractivity contribution in [1.82, 2.24) is 19.7 Å². The Labute approximate surface area is 146 Å². The smallest absolute Gasteiger partial charge is 0.270 e. The third kappa shape index (κ3) is 2.62. The fourth-order valence-electron chi connectivity index (χ4n) is 3.70. The number of aromatic nitrogens is 3. The van der Waals surface area contributed by atoms with E-state index in [1.165, 1.54) is 0 Å². The van der Waals surface area contributed by atoms with Crippen LogP contribution in [-0.4, -0.2) is 45.3 Å². The van der Waals surface area contributed by atoms with Crippen molar-refractivity contribution in [3.8, 4) is 0 Å². The van der Waals surface area contributed by atoms with Gasteiger partial charge in [-0.05, 0) is 26.0 Å². The summed E-state index contributed by atoms with van der Waals surface area (Å²) in [6, 6.07) is 9.75. The van der Waals surface area contributed by atoms with Crippen LogP contribution in [0.15, 0.2) is 30.3 Å². The molecular formula is C19H22N4O2. The van der Waals surface area contributed by atoms with Gasteiger partial charge in [0.05, 0.1) is 24.9 Å². The van der Waals surface area contributed by atoms with Crippen LogP contribution in [0.25, 0.3) is 10.9 Å². The van der Waals surface area contributed by atoms with Crippen molar-refractivity contribution >= 4 is 16.8 Å². The van der Waals surface area contributed by atoms with Crippen molar-refractivity contribution in [2.45, 2.75) is 19.9 Å². The number of nitrogens with one attached hydrogen (secondary N) is 1. The first-order chi connectivity index (χ1) is 12.1. The Bertz CT molecular complexity index is 907. The van der Waals surface area contributed by atoms with Crippen LogP contribution in [-0.2, 0) is 11.8 Å². The number of morpholine rings is 1. The molecule has 1 atom stereocenters. The van der Waals surface area contributed by atoms with Crippen molar-refractivity contribution < 1.29 is 9.53 Å². The lowest BCUT2D eigenvalue weighted by Crippen LogP contribution is -2.44. The number of ether oxygens (including phenoxy) is 1. The van der Waals surface area contributed by atoms with Gasteiger partial charge in [0.2, 0.25) is 0 Å². The number of rotatable bonds is 2. The Balaban J connectivity index is 1.72. The molecule has 1 aliphatic heterocycles. The molecule has 0 bridgehead atoms. The summed E-state index contributed by atoms with van der Waals surface area (Å²) in [5, 5.41) is 5.55. The molecule has 6 heteroatoms. The Morgan fingerprint density at radius 2 is 2.12 bits per heavy atom. The van der Waals surface area contributed by atoms with Crippen LogP contribution < -0.4 is 0 Å². The number of hydrogen-bond donors (Lipinski definition) is 1. The first-order valence-corrected chi connectivity index (χ1v) is 8.53. The Morgan fingerprint density at radius 3 is 2.84 bits per heavy atom. The van der Waals surface area contributed by atoms with Crippen LogP contribution >= 0.6 is 0 Å². The first-order valence-electron chi connectivity index (χ1n) is 8.53. The molecule has 0 aliphatic carbocycles. The second-order valence-corrected chi connectivity index (χ2v) is 6.57. The van der Waals surface area contributed by atoms with Gasteiger partial charge in [0.1, 0.15) is 5.69 Å². The van der Waals surface area contributed by atoms with E-state index in [2.05, 4.69) is 10.1 Å². The molecule has 1 aliphatic rings. The molecule has 4 rings (SSSR count). The van der Waals surface area contributed by atoms with Crippen molar-refractivity contribution in [2.75, 3.05) is 19.8 Å². The van der Waals surface area contributed by atoms with Gasteiger partial charge in [0.15, 0.2) is 0 Å². The zero-order chi connectivity index (χ0) is 17.6. The van der Waals surface area contributed by atoms with Crippen molar-refractivity contribution in [2.24, 2.45) is 7.05 Å². The van der Waals surface area contributed by atoms with Crippen molar-refractivity contribution in [3.63, 3.8) is 0 Å². The highest BCUT2D eigenvalue weighted by atomic mass is 16.5. The number of aromatic amines is 1. The van der Waals surface area contributed by atoms with Gasteiger partial charge < -0.3 is 14.6 Å². The molecular weight excluding hydrogens is 316 g/mol. The molecule has 25 heavy (non-hydrogen) atoms. The highest BCUT2D eigenvalue weighted by Gasteiger charge is 2.33. The summed E-state index contributed by atoms with van der Waals surface area (Å²) in [5.74, 6) is 0.00662. The van der Waals surface area contributed by atoms with Crippen LogP contribution in [0.5, 0.6) is 0 Å². The maximum Gasteiger partial charge on any atom is 0.270 e. The fourth-order valence-corrected chi connectivity index (χ4v) is 3.70. The highest BCUT2D eigenvalue weighted by molar-refractivity contribution is 5.98. The van der Waals surface area contributed by atoms with Crippen LogP contribution in [0.1, 0.15) is 33.5 Å². The van der Waals surface area contributed by atoms with E-state index in [-0.39, 0.29) is 11.9 Å². The second kappa shape index (κ2) is 6.04. The molecule has 1 amide bonds. The molecule has 1 aromatic carbocycles. The minimum Gasteiger partial charge on any atom is -0.377 e. The molecule has 1 N–H and O–H groups in total. The number of fused-ring (bicyclic) bond motifs is 1. The minimum absolute atomic E-state index is 0.00662. The van der Waals surface area contributed by atoms with E-state index in [1.54, 1.807) is 0 Å². The number of hydrogen-bond acceptors (Lipinski definition) is 3. The second-order valence-electron chi connectivity index (χ2n) is 6.57. The first kappa shape index (κ1) is 15.9. The normalized spacial score (nSPS) is 18.0. The molecule has 3 aromatic rings. The number of nitrogens with zero attached hydrogens (tertiary/aromatic N) is 3.